The molecule has 6 heteroatoms. The van der Waals surface area contributed by atoms with Crippen LogP contribution < -0.4 is 0 Å². The molecule has 0 unspecified atom stereocenters. The normalized spacial score (nSPS) is 11.7. The van der Waals surface area contributed by atoms with Crippen LogP contribution in [-0.2, 0) is 5.41 Å². The molecule has 2 aromatic rings. The van der Waals surface area contributed by atoms with Crippen molar-refractivity contribution < 1.29 is 18.7 Å². The van der Waals surface area contributed by atoms with Gasteiger partial charge in [0.2, 0.25) is 11.7 Å². The number of hydrogen-bond acceptors (Lipinski definition) is 3. The van der Waals surface area contributed by atoms with E-state index in [9.17, 15) is 14.3 Å². The van der Waals surface area contributed by atoms with Crippen LogP contribution in [-0.4, -0.2) is 16.1 Å². The Morgan fingerprint density at radius 1 is 1.35 bits per heavy atom. The summed E-state index contributed by atoms with van der Waals surface area (Å²) in [5.74, 6) is -1.77. The zero-order valence-electron chi connectivity index (χ0n) is 11.2. The third-order valence-electron chi connectivity index (χ3n) is 2.64. The van der Waals surface area contributed by atoms with Gasteiger partial charge in [0.1, 0.15) is 11.5 Å². The monoisotopic (exact) mass is 341 g/mol. The van der Waals surface area contributed by atoms with Gasteiger partial charge in [0.15, 0.2) is 0 Å². The average molecular weight is 342 g/mol. The lowest BCUT2D eigenvalue weighted by Crippen LogP contribution is -2.16. The molecule has 1 aromatic carbocycles. The molecule has 0 saturated heterocycles. The number of carboxylic acid groups (broad SMARTS) is 1. The van der Waals surface area contributed by atoms with Crippen LogP contribution in [0.2, 0.25) is 0 Å². The SMILES string of the molecule is CC(C)(C)c1nc(-c2cc(F)cc(Br)c2)oc1C(=O)O. The van der Waals surface area contributed by atoms with Crippen LogP contribution in [0.15, 0.2) is 27.1 Å². The Morgan fingerprint density at radius 2 is 2.00 bits per heavy atom. The first-order valence-corrected chi connectivity index (χ1v) is 6.69. The largest absolute Gasteiger partial charge is 0.475 e. The summed E-state index contributed by atoms with van der Waals surface area (Å²) in [6.45, 7) is 5.51. The molecule has 0 spiro atoms. The number of carboxylic acids is 1. The highest BCUT2D eigenvalue weighted by molar-refractivity contribution is 9.10. The number of benzene rings is 1. The third-order valence-corrected chi connectivity index (χ3v) is 3.10. The first-order chi connectivity index (χ1) is 9.18. The molecule has 0 aliphatic carbocycles. The van der Waals surface area contributed by atoms with Gasteiger partial charge in [0.05, 0.1) is 0 Å². The van der Waals surface area contributed by atoms with Crippen molar-refractivity contribution >= 4 is 21.9 Å². The van der Waals surface area contributed by atoms with Crippen LogP contribution in [0, 0.1) is 5.82 Å². The maximum Gasteiger partial charge on any atom is 0.373 e. The van der Waals surface area contributed by atoms with Crippen molar-refractivity contribution in [2.45, 2.75) is 26.2 Å². The van der Waals surface area contributed by atoms with E-state index in [0.717, 1.165) is 0 Å². The van der Waals surface area contributed by atoms with Gasteiger partial charge >= 0.3 is 5.97 Å². The minimum Gasteiger partial charge on any atom is -0.475 e. The van der Waals surface area contributed by atoms with Crippen molar-refractivity contribution in [3.8, 4) is 11.5 Å². The molecule has 20 heavy (non-hydrogen) atoms. The predicted molar refractivity (Wildman–Crippen MR) is 75.3 cm³/mol. The van der Waals surface area contributed by atoms with Crippen LogP contribution in [0.1, 0.15) is 37.0 Å². The highest BCUT2D eigenvalue weighted by Crippen LogP contribution is 2.31. The molecule has 0 aliphatic heterocycles. The minimum absolute atomic E-state index is 0.0903. The Labute approximate surface area is 123 Å². The van der Waals surface area contributed by atoms with Crippen molar-refractivity contribution in [2.24, 2.45) is 0 Å². The van der Waals surface area contributed by atoms with E-state index in [2.05, 4.69) is 20.9 Å². The van der Waals surface area contributed by atoms with Crippen LogP contribution in [0.4, 0.5) is 4.39 Å². The summed E-state index contributed by atoms with van der Waals surface area (Å²) in [5, 5.41) is 9.18. The minimum atomic E-state index is -1.19. The van der Waals surface area contributed by atoms with Crippen molar-refractivity contribution in [3.05, 3.63) is 39.9 Å². The predicted octanol–water partition coefficient (Wildman–Crippen LogP) is 4.24. The summed E-state index contributed by atoms with van der Waals surface area (Å²) in [6, 6.07) is 4.16. The highest BCUT2D eigenvalue weighted by atomic mass is 79.9. The number of hydrogen-bond donors (Lipinski definition) is 1. The number of aromatic nitrogens is 1. The fraction of sp³-hybridized carbons (Fsp3) is 0.286. The third kappa shape index (κ3) is 2.90. The zero-order chi connectivity index (χ0) is 15.1. The van der Waals surface area contributed by atoms with Crippen molar-refractivity contribution in [1.29, 1.82) is 0 Å². The number of halogens is 2. The van der Waals surface area contributed by atoms with E-state index in [1.54, 1.807) is 6.07 Å². The van der Waals surface area contributed by atoms with Gasteiger partial charge < -0.3 is 9.52 Å². The molecule has 2 rings (SSSR count). The number of carbonyl (C=O) groups is 1. The maximum atomic E-state index is 13.4. The number of nitrogens with zero attached hydrogens (tertiary/aromatic N) is 1. The maximum absolute atomic E-state index is 13.4. The number of aromatic carboxylic acids is 1. The second kappa shape index (κ2) is 5.01. The van der Waals surface area contributed by atoms with E-state index >= 15 is 0 Å². The van der Waals surface area contributed by atoms with Crippen LogP contribution >= 0.6 is 15.9 Å². The summed E-state index contributed by atoms with van der Waals surface area (Å²) in [4.78, 5) is 15.5. The van der Waals surface area contributed by atoms with Gasteiger partial charge in [-0.1, -0.05) is 36.7 Å². The molecule has 1 heterocycles. The van der Waals surface area contributed by atoms with Gasteiger partial charge in [-0.3, -0.25) is 0 Å². The van der Waals surface area contributed by atoms with Crippen LogP contribution in [0.25, 0.3) is 11.5 Å². The summed E-state index contributed by atoms with van der Waals surface area (Å²) in [7, 11) is 0. The molecule has 0 aliphatic rings. The molecule has 0 amide bonds. The van der Waals surface area contributed by atoms with Gasteiger partial charge in [-0.2, -0.15) is 0 Å². The highest BCUT2D eigenvalue weighted by Gasteiger charge is 2.29. The molecule has 1 aromatic heterocycles. The first-order valence-electron chi connectivity index (χ1n) is 5.89. The molecule has 4 nitrogen and oxygen atoms in total. The van der Waals surface area contributed by atoms with Gasteiger partial charge in [-0.05, 0) is 18.2 Å². The summed E-state index contributed by atoms with van der Waals surface area (Å²) >= 11 is 3.18. The Kier molecular flexibility index (Phi) is 3.69. The standard InChI is InChI=1S/C14H13BrFNO3/c1-14(2,3)11-10(13(18)19)20-12(17-11)7-4-8(15)6-9(16)5-7/h4-6H,1-3H3,(H,18,19). The Balaban J connectivity index is 2.62. The lowest BCUT2D eigenvalue weighted by Gasteiger charge is -2.14. The first kappa shape index (κ1) is 14.7. The van der Waals surface area contributed by atoms with E-state index in [1.165, 1.54) is 12.1 Å². The molecule has 106 valence electrons. The smallest absolute Gasteiger partial charge is 0.373 e. The molecule has 0 bridgehead atoms. The lowest BCUT2D eigenvalue weighted by molar-refractivity contribution is 0.0659. The van der Waals surface area contributed by atoms with Crippen LogP contribution in [0.5, 0.6) is 0 Å². The van der Waals surface area contributed by atoms with Gasteiger partial charge in [0.25, 0.3) is 0 Å². The fourth-order valence-electron chi connectivity index (χ4n) is 1.77. The van der Waals surface area contributed by atoms with E-state index < -0.39 is 17.2 Å². The fourth-order valence-corrected chi connectivity index (χ4v) is 2.24. The number of oxazole rings is 1. The van der Waals surface area contributed by atoms with Gasteiger partial charge in [0, 0.05) is 15.5 Å². The Hall–Kier alpha value is -1.69. The van der Waals surface area contributed by atoms with E-state index in [0.29, 0.717) is 15.7 Å². The van der Waals surface area contributed by atoms with Crippen LogP contribution in [0.3, 0.4) is 0 Å². The topological polar surface area (TPSA) is 63.3 Å². The molecule has 0 saturated carbocycles. The van der Waals surface area contributed by atoms with Crippen molar-refractivity contribution in [1.82, 2.24) is 4.98 Å². The average Bonchev–Trinajstić information content (AvgIpc) is 2.71. The molecule has 1 N–H and O–H groups in total. The molecule has 0 radical (unpaired) electrons. The second-order valence-corrected chi connectivity index (χ2v) is 6.33. The molecular weight excluding hydrogens is 329 g/mol. The Bertz CT molecular complexity index is 653. The van der Waals surface area contributed by atoms with Crippen molar-refractivity contribution in [3.63, 3.8) is 0 Å². The van der Waals surface area contributed by atoms with Crippen molar-refractivity contribution in [2.75, 3.05) is 0 Å². The van der Waals surface area contributed by atoms with Gasteiger partial charge in [-0.25, -0.2) is 14.2 Å². The Morgan fingerprint density at radius 3 is 2.45 bits per heavy atom. The molecular formula is C14H13BrFNO3. The summed E-state index contributed by atoms with van der Waals surface area (Å²) in [6.07, 6.45) is 0. The molecule has 0 fully saturated rings. The lowest BCUT2D eigenvalue weighted by atomic mass is 9.91. The second-order valence-electron chi connectivity index (χ2n) is 5.41. The zero-order valence-corrected chi connectivity index (χ0v) is 12.8. The summed E-state index contributed by atoms with van der Waals surface area (Å²) < 4.78 is 19.2. The van der Waals surface area contributed by atoms with E-state index in [-0.39, 0.29) is 11.7 Å². The summed E-state index contributed by atoms with van der Waals surface area (Å²) in [5.41, 5.74) is 0.232. The quantitative estimate of drug-likeness (QED) is 0.887. The van der Waals surface area contributed by atoms with Gasteiger partial charge in [-0.15, -0.1) is 0 Å². The molecule has 0 atom stereocenters. The number of rotatable bonds is 2. The van der Waals surface area contributed by atoms with E-state index in [4.69, 9.17) is 4.42 Å². The van der Waals surface area contributed by atoms with E-state index in [1.807, 2.05) is 20.8 Å².